The Balaban J connectivity index is 1.43. The lowest BCUT2D eigenvalue weighted by Crippen LogP contribution is -2.48. The zero-order chi connectivity index (χ0) is 16.4. The van der Waals surface area contributed by atoms with E-state index >= 15 is 0 Å². The van der Waals surface area contributed by atoms with Crippen LogP contribution in [0.1, 0.15) is 47.4 Å². The van der Waals surface area contributed by atoms with Crippen LogP contribution in [0.3, 0.4) is 0 Å². The number of piperidine rings is 1. The lowest BCUT2D eigenvalue weighted by Gasteiger charge is -2.33. The molecule has 3 heterocycles. The average Bonchev–Trinajstić information content (AvgIpc) is 3.07. The number of aryl methyl sites for hydroxylation is 1. The van der Waals surface area contributed by atoms with Crippen LogP contribution in [0.5, 0.6) is 0 Å². The quantitative estimate of drug-likeness (QED) is 0.892. The van der Waals surface area contributed by atoms with Gasteiger partial charge in [0.1, 0.15) is 0 Å². The number of aromatic amines is 1. The van der Waals surface area contributed by atoms with Crippen molar-refractivity contribution in [1.29, 1.82) is 0 Å². The highest BCUT2D eigenvalue weighted by atomic mass is 16.2. The van der Waals surface area contributed by atoms with Crippen molar-refractivity contribution in [1.82, 2.24) is 25.5 Å². The summed E-state index contributed by atoms with van der Waals surface area (Å²) >= 11 is 0. The maximum Gasteiger partial charge on any atom is 0.272 e. The summed E-state index contributed by atoms with van der Waals surface area (Å²) < 4.78 is 0. The summed E-state index contributed by atoms with van der Waals surface area (Å²) in [7, 11) is 0. The lowest BCUT2D eigenvalue weighted by atomic mass is 9.95. The number of amides is 1. The minimum atomic E-state index is -0.0600. The van der Waals surface area contributed by atoms with E-state index in [1.807, 2.05) is 6.07 Å². The Kier molecular flexibility index (Phi) is 4.15. The molecule has 2 aliphatic rings. The molecule has 0 aromatic carbocycles. The fraction of sp³-hybridized carbons (Fsp3) is 0.529. The summed E-state index contributed by atoms with van der Waals surface area (Å²) in [5, 5.41) is 10.5. The van der Waals surface area contributed by atoms with Gasteiger partial charge in [0.15, 0.2) is 5.69 Å². The van der Waals surface area contributed by atoms with Crippen LogP contribution >= 0.6 is 0 Å². The molecule has 7 heteroatoms. The highest BCUT2D eigenvalue weighted by molar-refractivity contribution is 5.94. The van der Waals surface area contributed by atoms with Gasteiger partial charge < -0.3 is 10.2 Å². The Morgan fingerprint density at radius 3 is 2.92 bits per heavy atom. The molecular formula is C17H22N6O. The van der Waals surface area contributed by atoms with Crippen LogP contribution in [-0.4, -0.2) is 45.2 Å². The SMILES string of the molecule is O=C(N[C@@H]1CCCN(c2ncccn2)C1)c1n[nH]c2c1CCCC2. The first-order chi connectivity index (χ1) is 11.8. The van der Waals surface area contributed by atoms with Crippen molar-refractivity contribution in [3.63, 3.8) is 0 Å². The van der Waals surface area contributed by atoms with E-state index in [9.17, 15) is 4.79 Å². The third-order valence-corrected chi connectivity index (χ3v) is 4.86. The molecule has 1 atom stereocenters. The molecule has 4 rings (SSSR count). The van der Waals surface area contributed by atoms with Crippen molar-refractivity contribution in [2.24, 2.45) is 0 Å². The number of H-pyrrole nitrogens is 1. The smallest absolute Gasteiger partial charge is 0.272 e. The Morgan fingerprint density at radius 2 is 2.04 bits per heavy atom. The van der Waals surface area contributed by atoms with Gasteiger partial charge in [0.2, 0.25) is 5.95 Å². The van der Waals surface area contributed by atoms with E-state index in [0.29, 0.717) is 5.69 Å². The third kappa shape index (κ3) is 2.98. The number of aromatic nitrogens is 4. The largest absolute Gasteiger partial charge is 0.346 e. The summed E-state index contributed by atoms with van der Waals surface area (Å²) in [6.07, 6.45) is 9.74. The van der Waals surface area contributed by atoms with Gasteiger partial charge in [-0.3, -0.25) is 9.89 Å². The van der Waals surface area contributed by atoms with Crippen LogP contribution in [0.4, 0.5) is 5.95 Å². The van der Waals surface area contributed by atoms with Gasteiger partial charge in [-0.15, -0.1) is 0 Å². The molecule has 0 bridgehead atoms. The van der Waals surface area contributed by atoms with E-state index in [-0.39, 0.29) is 11.9 Å². The average molecular weight is 326 g/mol. The number of nitrogens with zero attached hydrogens (tertiary/aromatic N) is 4. The Morgan fingerprint density at radius 1 is 1.21 bits per heavy atom. The van der Waals surface area contributed by atoms with E-state index in [1.165, 1.54) is 6.42 Å². The molecule has 0 spiro atoms. The molecule has 1 aliphatic carbocycles. The minimum absolute atomic E-state index is 0.0600. The normalized spacial score (nSPS) is 20.5. The maximum absolute atomic E-state index is 12.6. The van der Waals surface area contributed by atoms with E-state index in [2.05, 4.69) is 30.4 Å². The molecule has 1 amide bonds. The van der Waals surface area contributed by atoms with Gasteiger partial charge in [-0.25, -0.2) is 9.97 Å². The number of nitrogens with one attached hydrogen (secondary N) is 2. The standard InChI is InChI=1S/C17H22N6O/c24-16(15-13-6-1-2-7-14(13)21-22-15)20-12-5-3-10-23(11-12)17-18-8-4-9-19-17/h4,8-9,12H,1-3,5-7,10-11H2,(H,20,24)(H,21,22)/t12-/m1/s1. The fourth-order valence-electron chi connectivity index (χ4n) is 3.65. The van der Waals surface area contributed by atoms with Crippen LogP contribution < -0.4 is 10.2 Å². The van der Waals surface area contributed by atoms with Crippen LogP contribution in [0.2, 0.25) is 0 Å². The highest BCUT2D eigenvalue weighted by Gasteiger charge is 2.26. The van der Waals surface area contributed by atoms with Crippen molar-refractivity contribution in [3.05, 3.63) is 35.4 Å². The molecule has 2 aromatic rings. The number of fused-ring (bicyclic) bond motifs is 1. The number of rotatable bonds is 3. The third-order valence-electron chi connectivity index (χ3n) is 4.86. The summed E-state index contributed by atoms with van der Waals surface area (Å²) in [5.74, 6) is 0.670. The molecule has 24 heavy (non-hydrogen) atoms. The Hall–Kier alpha value is -2.44. The van der Waals surface area contributed by atoms with Crippen LogP contribution in [0, 0.1) is 0 Å². The monoisotopic (exact) mass is 326 g/mol. The molecule has 0 unspecified atom stereocenters. The van der Waals surface area contributed by atoms with Gasteiger partial charge in [-0.2, -0.15) is 5.10 Å². The number of carbonyl (C=O) groups excluding carboxylic acids is 1. The summed E-state index contributed by atoms with van der Waals surface area (Å²) in [6, 6.07) is 1.92. The molecule has 0 saturated carbocycles. The first-order valence-electron chi connectivity index (χ1n) is 8.70. The summed E-state index contributed by atoms with van der Waals surface area (Å²) in [4.78, 5) is 23.4. The fourth-order valence-corrected chi connectivity index (χ4v) is 3.65. The molecule has 0 radical (unpaired) electrons. The van der Waals surface area contributed by atoms with Crippen molar-refractivity contribution in [2.45, 2.75) is 44.6 Å². The van der Waals surface area contributed by atoms with Gasteiger partial charge in [-0.05, 0) is 44.6 Å². The number of hydrogen-bond donors (Lipinski definition) is 2. The number of anilines is 1. The van der Waals surface area contributed by atoms with Crippen molar-refractivity contribution < 1.29 is 4.79 Å². The van der Waals surface area contributed by atoms with Gasteiger partial charge in [0.05, 0.1) is 0 Å². The van der Waals surface area contributed by atoms with Gasteiger partial charge in [0, 0.05) is 42.8 Å². The van der Waals surface area contributed by atoms with E-state index in [0.717, 1.165) is 62.4 Å². The predicted octanol–water partition coefficient (Wildman–Crippen LogP) is 1.48. The molecule has 7 nitrogen and oxygen atoms in total. The molecule has 2 aromatic heterocycles. The molecular weight excluding hydrogens is 304 g/mol. The van der Waals surface area contributed by atoms with Crippen LogP contribution in [-0.2, 0) is 12.8 Å². The second kappa shape index (κ2) is 6.59. The molecule has 1 fully saturated rings. The van der Waals surface area contributed by atoms with Crippen LogP contribution in [0.15, 0.2) is 18.5 Å². The predicted molar refractivity (Wildman–Crippen MR) is 90.0 cm³/mol. The van der Waals surface area contributed by atoms with Crippen molar-refractivity contribution in [3.8, 4) is 0 Å². The lowest BCUT2D eigenvalue weighted by molar-refractivity contribution is 0.0927. The van der Waals surface area contributed by atoms with E-state index < -0.39 is 0 Å². The second-order valence-electron chi connectivity index (χ2n) is 6.54. The summed E-state index contributed by atoms with van der Waals surface area (Å²) in [5.41, 5.74) is 2.82. The highest BCUT2D eigenvalue weighted by Crippen LogP contribution is 2.22. The summed E-state index contributed by atoms with van der Waals surface area (Å²) in [6.45, 7) is 1.66. The van der Waals surface area contributed by atoms with Crippen molar-refractivity contribution in [2.75, 3.05) is 18.0 Å². The van der Waals surface area contributed by atoms with Crippen LogP contribution in [0.25, 0.3) is 0 Å². The topological polar surface area (TPSA) is 86.8 Å². The molecule has 2 N–H and O–H groups in total. The number of carbonyl (C=O) groups is 1. The maximum atomic E-state index is 12.6. The first kappa shape index (κ1) is 15.1. The molecule has 126 valence electrons. The van der Waals surface area contributed by atoms with Gasteiger partial charge in [-0.1, -0.05) is 0 Å². The molecule has 1 saturated heterocycles. The second-order valence-corrected chi connectivity index (χ2v) is 6.54. The van der Waals surface area contributed by atoms with E-state index in [1.54, 1.807) is 12.4 Å². The van der Waals surface area contributed by atoms with E-state index in [4.69, 9.17) is 0 Å². The number of hydrogen-bond acceptors (Lipinski definition) is 5. The van der Waals surface area contributed by atoms with Gasteiger partial charge >= 0.3 is 0 Å². The zero-order valence-electron chi connectivity index (χ0n) is 13.7. The Labute approximate surface area is 140 Å². The zero-order valence-corrected chi connectivity index (χ0v) is 13.7. The van der Waals surface area contributed by atoms with Gasteiger partial charge in [0.25, 0.3) is 5.91 Å². The Bertz CT molecular complexity index is 713. The minimum Gasteiger partial charge on any atom is -0.346 e. The molecule has 1 aliphatic heterocycles. The van der Waals surface area contributed by atoms with Crippen molar-refractivity contribution >= 4 is 11.9 Å². The first-order valence-corrected chi connectivity index (χ1v) is 8.70.